The van der Waals surface area contributed by atoms with E-state index >= 15 is 0 Å². The molecule has 1 atom stereocenters. The SMILES string of the molecule is CCN1CCCC1CNCc1ccc(-c2ccc(Br)cc2Br)o1. The number of nitrogens with zero attached hydrogens (tertiary/aromatic N) is 1. The van der Waals surface area contributed by atoms with Crippen molar-refractivity contribution in [3.8, 4) is 11.3 Å². The van der Waals surface area contributed by atoms with Crippen LogP contribution < -0.4 is 5.32 Å². The molecule has 1 fully saturated rings. The van der Waals surface area contributed by atoms with Gasteiger partial charge >= 0.3 is 0 Å². The van der Waals surface area contributed by atoms with Crippen molar-refractivity contribution in [2.75, 3.05) is 19.6 Å². The molecule has 0 amide bonds. The predicted octanol–water partition coefficient (Wildman–Crippen LogP) is 5.05. The van der Waals surface area contributed by atoms with Gasteiger partial charge in [0.05, 0.1) is 6.54 Å². The Balaban J connectivity index is 1.57. The number of nitrogens with one attached hydrogen (secondary N) is 1. The second-order valence-electron chi connectivity index (χ2n) is 5.95. The van der Waals surface area contributed by atoms with Gasteiger partial charge in [0.15, 0.2) is 0 Å². The van der Waals surface area contributed by atoms with E-state index in [-0.39, 0.29) is 0 Å². The van der Waals surface area contributed by atoms with E-state index in [2.05, 4.69) is 61.1 Å². The van der Waals surface area contributed by atoms with Crippen LogP contribution in [0.4, 0.5) is 0 Å². The molecule has 1 unspecified atom stereocenters. The number of hydrogen-bond acceptors (Lipinski definition) is 3. The molecule has 124 valence electrons. The van der Waals surface area contributed by atoms with Crippen molar-refractivity contribution in [2.24, 2.45) is 0 Å². The van der Waals surface area contributed by atoms with Gasteiger partial charge in [-0.25, -0.2) is 0 Å². The van der Waals surface area contributed by atoms with Crippen LogP contribution >= 0.6 is 31.9 Å². The number of hydrogen-bond donors (Lipinski definition) is 1. The summed E-state index contributed by atoms with van der Waals surface area (Å²) in [5, 5.41) is 3.54. The quantitative estimate of drug-likeness (QED) is 0.680. The molecule has 5 heteroatoms. The first kappa shape index (κ1) is 17.2. The molecule has 0 saturated carbocycles. The van der Waals surface area contributed by atoms with Crippen molar-refractivity contribution in [3.63, 3.8) is 0 Å². The van der Waals surface area contributed by atoms with E-state index in [0.29, 0.717) is 6.04 Å². The number of furan rings is 1. The van der Waals surface area contributed by atoms with Crippen LogP contribution in [-0.4, -0.2) is 30.6 Å². The molecule has 1 N–H and O–H groups in total. The summed E-state index contributed by atoms with van der Waals surface area (Å²) < 4.78 is 8.07. The maximum Gasteiger partial charge on any atom is 0.135 e. The lowest BCUT2D eigenvalue weighted by atomic mass is 10.2. The largest absolute Gasteiger partial charge is 0.460 e. The Hall–Kier alpha value is -0.620. The topological polar surface area (TPSA) is 28.4 Å². The Labute approximate surface area is 154 Å². The normalized spacial score (nSPS) is 18.7. The Morgan fingerprint density at radius 1 is 1.26 bits per heavy atom. The average molecular weight is 442 g/mol. The molecule has 0 bridgehead atoms. The van der Waals surface area contributed by atoms with Gasteiger partial charge in [-0.05, 0) is 72.2 Å². The summed E-state index contributed by atoms with van der Waals surface area (Å²) >= 11 is 7.07. The number of halogens is 2. The van der Waals surface area contributed by atoms with Crippen LogP contribution in [0.1, 0.15) is 25.5 Å². The number of likely N-dealkylation sites (tertiary alicyclic amines) is 1. The van der Waals surface area contributed by atoms with E-state index in [1.165, 1.54) is 19.4 Å². The lowest BCUT2D eigenvalue weighted by Gasteiger charge is -2.22. The lowest BCUT2D eigenvalue weighted by molar-refractivity contribution is 0.258. The summed E-state index contributed by atoms with van der Waals surface area (Å²) in [4.78, 5) is 2.56. The number of benzene rings is 1. The number of likely N-dealkylation sites (N-methyl/N-ethyl adjacent to an activating group) is 1. The van der Waals surface area contributed by atoms with Crippen molar-refractivity contribution in [3.05, 3.63) is 45.0 Å². The molecule has 0 radical (unpaired) electrons. The average Bonchev–Trinajstić information content (AvgIpc) is 3.16. The smallest absolute Gasteiger partial charge is 0.135 e. The van der Waals surface area contributed by atoms with Crippen LogP contribution in [0.15, 0.2) is 43.7 Å². The standard InChI is InChI=1S/C18H22Br2N2O/c1-2-22-9-3-4-14(22)11-21-12-15-6-8-18(23-15)16-7-5-13(19)10-17(16)20/h5-8,10,14,21H,2-4,9,11-12H2,1H3. The minimum Gasteiger partial charge on any atom is -0.460 e. The van der Waals surface area contributed by atoms with Gasteiger partial charge in [-0.2, -0.15) is 0 Å². The second-order valence-corrected chi connectivity index (χ2v) is 7.72. The minimum absolute atomic E-state index is 0.676. The maximum atomic E-state index is 5.99. The van der Waals surface area contributed by atoms with Crippen LogP contribution in [-0.2, 0) is 6.54 Å². The maximum absolute atomic E-state index is 5.99. The van der Waals surface area contributed by atoms with E-state index in [4.69, 9.17) is 4.42 Å². The molecular formula is C18H22Br2N2O. The van der Waals surface area contributed by atoms with Crippen LogP contribution in [0.25, 0.3) is 11.3 Å². The van der Waals surface area contributed by atoms with Gasteiger partial charge in [-0.3, -0.25) is 4.90 Å². The van der Waals surface area contributed by atoms with Crippen LogP contribution in [0, 0.1) is 0 Å². The van der Waals surface area contributed by atoms with Gasteiger partial charge in [0, 0.05) is 27.1 Å². The summed E-state index contributed by atoms with van der Waals surface area (Å²) in [6.45, 7) is 6.45. The van der Waals surface area contributed by atoms with Crippen molar-refractivity contribution in [1.29, 1.82) is 0 Å². The van der Waals surface area contributed by atoms with Gasteiger partial charge in [0.1, 0.15) is 11.5 Å². The van der Waals surface area contributed by atoms with Crippen LogP contribution in [0.3, 0.4) is 0 Å². The zero-order valence-electron chi connectivity index (χ0n) is 13.3. The van der Waals surface area contributed by atoms with Gasteiger partial charge in [0.25, 0.3) is 0 Å². The first-order valence-corrected chi connectivity index (χ1v) is 9.75. The molecule has 23 heavy (non-hydrogen) atoms. The predicted molar refractivity (Wildman–Crippen MR) is 102 cm³/mol. The highest BCUT2D eigenvalue weighted by molar-refractivity contribution is 9.11. The molecule has 1 aromatic carbocycles. The summed E-state index contributed by atoms with van der Waals surface area (Å²) in [5.41, 5.74) is 1.08. The molecule has 1 saturated heterocycles. The second kappa shape index (κ2) is 7.97. The molecule has 0 spiro atoms. The molecule has 2 heterocycles. The molecule has 1 aromatic heterocycles. The van der Waals surface area contributed by atoms with Crippen molar-refractivity contribution in [1.82, 2.24) is 10.2 Å². The molecule has 3 rings (SSSR count). The summed E-state index contributed by atoms with van der Waals surface area (Å²) in [6, 6.07) is 10.9. The summed E-state index contributed by atoms with van der Waals surface area (Å²) in [5.74, 6) is 1.88. The Morgan fingerprint density at radius 2 is 2.13 bits per heavy atom. The Kier molecular flexibility index (Phi) is 5.96. The molecule has 1 aliphatic heterocycles. The Bertz CT molecular complexity index is 656. The molecular weight excluding hydrogens is 420 g/mol. The Morgan fingerprint density at radius 3 is 2.91 bits per heavy atom. The van der Waals surface area contributed by atoms with Crippen molar-refractivity contribution >= 4 is 31.9 Å². The highest BCUT2D eigenvalue weighted by atomic mass is 79.9. The van der Waals surface area contributed by atoms with Crippen LogP contribution in [0.5, 0.6) is 0 Å². The molecule has 2 aromatic rings. The molecule has 1 aliphatic rings. The molecule has 3 nitrogen and oxygen atoms in total. The fourth-order valence-electron chi connectivity index (χ4n) is 3.21. The minimum atomic E-state index is 0.676. The van der Waals surface area contributed by atoms with Gasteiger partial charge < -0.3 is 9.73 Å². The van der Waals surface area contributed by atoms with Crippen molar-refractivity contribution in [2.45, 2.75) is 32.4 Å². The van der Waals surface area contributed by atoms with E-state index in [0.717, 1.165) is 45.7 Å². The number of rotatable bonds is 6. The van der Waals surface area contributed by atoms with E-state index in [9.17, 15) is 0 Å². The van der Waals surface area contributed by atoms with E-state index in [1.807, 2.05) is 18.2 Å². The molecule has 0 aliphatic carbocycles. The first-order valence-electron chi connectivity index (χ1n) is 8.16. The fraction of sp³-hybridized carbons (Fsp3) is 0.444. The zero-order chi connectivity index (χ0) is 16.2. The third-order valence-corrected chi connectivity index (χ3v) is 5.59. The van der Waals surface area contributed by atoms with E-state index in [1.54, 1.807) is 0 Å². The van der Waals surface area contributed by atoms with Gasteiger partial charge in [0.2, 0.25) is 0 Å². The van der Waals surface area contributed by atoms with Gasteiger partial charge in [-0.1, -0.05) is 22.9 Å². The lowest BCUT2D eigenvalue weighted by Crippen LogP contribution is -2.37. The van der Waals surface area contributed by atoms with E-state index < -0.39 is 0 Å². The summed E-state index contributed by atoms with van der Waals surface area (Å²) in [7, 11) is 0. The van der Waals surface area contributed by atoms with Crippen molar-refractivity contribution < 1.29 is 4.42 Å². The monoisotopic (exact) mass is 440 g/mol. The zero-order valence-corrected chi connectivity index (χ0v) is 16.5. The summed E-state index contributed by atoms with van der Waals surface area (Å²) in [6.07, 6.45) is 2.62. The highest BCUT2D eigenvalue weighted by Crippen LogP contribution is 2.31. The first-order chi connectivity index (χ1) is 11.2. The highest BCUT2D eigenvalue weighted by Gasteiger charge is 2.22. The van der Waals surface area contributed by atoms with Crippen LogP contribution in [0.2, 0.25) is 0 Å². The fourth-order valence-corrected chi connectivity index (χ4v) is 4.45. The third kappa shape index (κ3) is 4.27. The van der Waals surface area contributed by atoms with Gasteiger partial charge in [-0.15, -0.1) is 0 Å². The third-order valence-electron chi connectivity index (χ3n) is 4.44.